The molecule has 8 heteroatoms. The molecule has 0 saturated carbocycles. The van der Waals surface area contributed by atoms with Gasteiger partial charge >= 0.3 is 0 Å². The number of alkyl halides is 2. The third-order valence-corrected chi connectivity index (χ3v) is 2.91. The number of hydrogen-bond acceptors (Lipinski definition) is 3. The van der Waals surface area contributed by atoms with Gasteiger partial charge in [0.2, 0.25) is 5.95 Å². The molecule has 0 radical (unpaired) electrons. The normalized spacial score (nSPS) is 11.3. The first-order valence-electron chi connectivity index (χ1n) is 6.27. The van der Waals surface area contributed by atoms with E-state index in [1.165, 1.54) is 17.1 Å². The van der Waals surface area contributed by atoms with E-state index in [9.17, 15) is 13.2 Å². The lowest BCUT2D eigenvalue weighted by Gasteiger charge is -2.03. The van der Waals surface area contributed by atoms with Gasteiger partial charge in [-0.05, 0) is 13.8 Å². The van der Waals surface area contributed by atoms with Gasteiger partial charge in [0.05, 0.1) is 17.6 Å². The molecule has 5 nitrogen and oxygen atoms in total. The maximum absolute atomic E-state index is 13.9. The van der Waals surface area contributed by atoms with E-state index >= 15 is 0 Å². The van der Waals surface area contributed by atoms with Crippen LogP contribution in [-0.2, 0) is 19.6 Å². The number of nitrogens with one attached hydrogen (secondary N) is 1. The minimum atomic E-state index is -2.45. The standard InChI is InChI=1S/C12H16F3N5/c1-3-20-12(15)10(8(2)18-20)5-16-9-4-17-19(6-9)7-11(13)14/h4,6,11,16H,3,5,7H2,1-2H3. The number of hydrogen-bond donors (Lipinski definition) is 1. The van der Waals surface area contributed by atoms with Crippen molar-refractivity contribution in [3.63, 3.8) is 0 Å². The molecule has 0 aromatic carbocycles. The molecular formula is C12H16F3N5. The van der Waals surface area contributed by atoms with Crippen LogP contribution in [0.3, 0.4) is 0 Å². The predicted octanol–water partition coefficient (Wildman–Crippen LogP) is 2.42. The van der Waals surface area contributed by atoms with Crippen molar-refractivity contribution in [1.29, 1.82) is 0 Å². The van der Waals surface area contributed by atoms with Crippen LogP contribution in [0.4, 0.5) is 18.9 Å². The van der Waals surface area contributed by atoms with E-state index in [0.717, 1.165) is 4.68 Å². The van der Waals surface area contributed by atoms with Gasteiger partial charge in [-0.3, -0.25) is 4.68 Å². The van der Waals surface area contributed by atoms with Crippen molar-refractivity contribution in [3.8, 4) is 0 Å². The van der Waals surface area contributed by atoms with Crippen LogP contribution in [0.2, 0.25) is 0 Å². The number of aryl methyl sites for hydroxylation is 2. The van der Waals surface area contributed by atoms with Gasteiger partial charge in [0.25, 0.3) is 6.43 Å². The highest BCUT2D eigenvalue weighted by atomic mass is 19.3. The molecule has 1 N–H and O–H groups in total. The molecule has 2 rings (SSSR count). The van der Waals surface area contributed by atoms with Gasteiger partial charge in [0.1, 0.15) is 6.54 Å². The summed E-state index contributed by atoms with van der Waals surface area (Å²) in [6.07, 6.45) is 0.439. The average Bonchev–Trinajstić information content (AvgIpc) is 2.92. The van der Waals surface area contributed by atoms with Crippen LogP contribution >= 0.6 is 0 Å². The van der Waals surface area contributed by atoms with Crippen LogP contribution in [0, 0.1) is 12.9 Å². The Kier molecular flexibility index (Phi) is 4.31. The molecule has 0 amide bonds. The predicted molar refractivity (Wildman–Crippen MR) is 68.2 cm³/mol. The van der Waals surface area contributed by atoms with E-state index < -0.39 is 13.0 Å². The van der Waals surface area contributed by atoms with E-state index in [0.29, 0.717) is 23.5 Å². The first-order valence-corrected chi connectivity index (χ1v) is 6.27. The zero-order valence-corrected chi connectivity index (χ0v) is 11.3. The molecule has 110 valence electrons. The first-order chi connectivity index (χ1) is 9.51. The summed E-state index contributed by atoms with van der Waals surface area (Å²) in [5.41, 5.74) is 1.64. The van der Waals surface area contributed by atoms with E-state index in [1.807, 2.05) is 0 Å². The minimum absolute atomic E-state index is 0.234. The average molecular weight is 287 g/mol. The Morgan fingerprint density at radius 2 is 2.15 bits per heavy atom. The van der Waals surface area contributed by atoms with Crippen molar-refractivity contribution >= 4 is 5.69 Å². The summed E-state index contributed by atoms with van der Waals surface area (Å²) in [5.74, 6) is -0.377. The third kappa shape index (κ3) is 3.12. The lowest BCUT2D eigenvalue weighted by molar-refractivity contribution is 0.122. The van der Waals surface area contributed by atoms with Crippen molar-refractivity contribution < 1.29 is 13.2 Å². The minimum Gasteiger partial charge on any atom is -0.378 e. The van der Waals surface area contributed by atoms with Gasteiger partial charge in [-0.2, -0.15) is 14.6 Å². The molecule has 2 heterocycles. The monoisotopic (exact) mass is 287 g/mol. The number of rotatable bonds is 6. The van der Waals surface area contributed by atoms with Crippen LogP contribution < -0.4 is 5.32 Å². The van der Waals surface area contributed by atoms with Gasteiger partial charge in [0, 0.05) is 24.8 Å². The molecule has 0 aliphatic carbocycles. The fourth-order valence-electron chi connectivity index (χ4n) is 1.89. The molecule has 0 saturated heterocycles. The van der Waals surface area contributed by atoms with Crippen molar-refractivity contribution in [3.05, 3.63) is 29.6 Å². The van der Waals surface area contributed by atoms with Gasteiger partial charge in [0.15, 0.2) is 0 Å². The Morgan fingerprint density at radius 1 is 1.40 bits per heavy atom. The lowest BCUT2D eigenvalue weighted by atomic mass is 10.2. The van der Waals surface area contributed by atoms with Crippen LogP contribution in [-0.4, -0.2) is 26.0 Å². The zero-order valence-electron chi connectivity index (χ0n) is 11.3. The van der Waals surface area contributed by atoms with E-state index in [2.05, 4.69) is 15.5 Å². The Balaban J connectivity index is 2.02. The second-order valence-corrected chi connectivity index (χ2v) is 4.37. The summed E-state index contributed by atoms with van der Waals surface area (Å²) >= 11 is 0. The number of nitrogens with zero attached hydrogens (tertiary/aromatic N) is 4. The molecule has 2 aromatic heterocycles. The fourth-order valence-corrected chi connectivity index (χ4v) is 1.89. The van der Waals surface area contributed by atoms with E-state index in [-0.39, 0.29) is 12.5 Å². The highest BCUT2D eigenvalue weighted by Crippen LogP contribution is 2.15. The molecular weight excluding hydrogens is 271 g/mol. The Hall–Kier alpha value is -1.99. The van der Waals surface area contributed by atoms with Crippen molar-refractivity contribution in [2.75, 3.05) is 5.32 Å². The second-order valence-electron chi connectivity index (χ2n) is 4.37. The maximum Gasteiger partial charge on any atom is 0.257 e. The zero-order chi connectivity index (χ0) is 14.7. The topological polar surface area (TPSA) is 47.7 Å². The molecule has 0 fully saturated rings. The summed E-state index contributed by atoms with van der Waals surface area (Å²) in [6.45, 7) is 3.77. The van der Waals surface area contributed by atoms with E-state index in [1.54, 1.807) is 13.8 Å². The highest BCUT2D eigenvalue weighted by molar-refractivity contribution is 5.39. The largest absolute Gasteiger partial charge is 0.378 e. The molecule has 0 bridgehead atoms. The van der Waals surface area contributed by atoms with E-state index in [4.69, 9.17) is 0 Å². The van der Waals surface area contributed by atoms with Crippen LogP contribution in [0.15, 0.2) is 12.4 Å². The summed E-state index contributed by atoms with van der Waals surface area (Å²) in [5, 5.41) is 10.8. The van der Waals surface area contributed by atoms with Gasteiger partial charge < -0.3 is 5.32 Å². The van der Waals surface area contributed by atoms with Crippen molar-refractivity contribution in [2.45, 2.75) is 39.9 Å². The summed E-state index contributed by atoms with van der Waals surface area (Å²) in [7, 11) is 0. The van der Waals surface area contributed by atoms with Gasteiger partial charge in [-0.15, -0.1) is 0 Å². The second kappa shape index (κ2) is 5.98. The summed E-state index contributed by atoms with van der Waals surface area (Å²) in [4.78, 5) is 0. The molecule has 0 atom stereocenters. The van der Waals surface area contributed by atoms with Gasteiger partial charge in [-0.1, -0.05) is 0 Å². The van der Waals surface area contributed by atoms with Crippen LogP contribution in [0.25, 0.3) is 0 Å². The highest BCUT2D eigenvalue weighted by Gasteiger charge is 2.14. The number of aromatic nitrogens is 4. The van der Waals surface area contributed by atoms with Crippen molar-refractivity contribution in [1.82, 2.24) is 19.6 Å². The fraction of sp³-hybridized carbons (Fsp3) is 0.500. The summed E-state index contributed by atoms with van der Waals surface area (Å²) < 4.78 is 40.7. The quantitative estimate of drug-likeness (QED) is 0.887. The third-order valence-electron chi connectivity index (χ3n) is 2.91. The summed E-state index contributed by atoms with van der Waals surface area (Å²) in [6, 6.07) is 0. The molecule has 0 aliphatic heterocycles. The molecule has 0 aliphatic rings. The SMILES string of the molecule is CCn1nc(C)c(CNc2cnn(CC(F)F)c2)c1F. The molecule has 0 spiro atoms. The maximum atomic E-state index is 13.9. The Bertz CT molecular complexity index is 576. The van der Waals surface area contributed by atoms with Gasteiger partial charge in [-0.25, -0.2) is 13.5 Å². The lowest BCUT2D eigenvalue weighted by Crippen LogP contribution is -2.06. The number of halogens is 3. The molecule has 2 aromatic rings. The Morgan fingerprint density at radius 3 is 2.75 bits per heavy atom. The number of anilines is 1. The first kappa shape index (κ1) is 14.4. The molecule has 20 heavy (non-hydrogen) atoms. The smallest absolute Gasteiger partial charge is 0.257 e. The van der Waals surface area contributed by atoms with Crippen LogP contribution in [0.5, 0.6) is 0 Å². The van der Waals surface area contributed by atoms with Crippen LogP contribution in [0.1, 0.15) is 18.2 Å². The molecule has 0 unspecified atom stereocenters. The Labute approximate surface area is 114 Å². The van der Waals surface area contributed by atoms with Crippen molar-refractivity contribution in [2.24, 2.45) is 0 Å².